The van der Waals surface area contributed by atoms with E-state index >= 15 is 4.21 Å². The second-order valence-electron chi connectivity index (χ2n) is 21.9. The minimum Gasteiger partial charge on any atom is -0.507 e. The van der Waals surface area contributed by atoms with Gasteiger partial charge >= 0.3 is 0 Å². The van der Waals surface area contributed by atoms with E-state index in [1.807, 2.05) is 50.4 Å². The number of carbonyl (C=O) groups is 1. The van der Waals surface area contributed by atoms with Gasteiger partial charge < -0.3 is 23.4 Å². The van der Waals surface area contributed by atoms with Crippen LogP contribution in [0.5, 0.6) is 17.2 Å². The van der Waals surface area contributed by atoms with Crippen LogP contribution in [0.15, 0.2) is 50.6 Å². The first-order valence-corrected chi connectivity index (χ1v) is 29.2. The van der Waals surface area contributed by atoms with Crippen LogP contribution < -0.4 is 9.47 Å². The van der Waals surface area contributed by atoms with Crippen LogP contribution in [0.25, 0.3) is 0 Å². The van der Waals surface area contributed by atoms with Gasteiger partial charge in [-0.3, -0.25) is 4.79 Å². The van der Waals surface area contributed by atoms with Crippen molar-refractivity contribution in [3.8, 4) is 17.2 Å². The summed E-state index contributed by atoms with van der Waals surface area (Å²) < 4.78 is 47.7. The Bertz CT molecular complexity index is 1980. The van der Waals surface area contributed by atoms with Crippen molar-refractivity contribution in [2.45, 2.75) is 163 Å². The number of carbonyl (C=O) groups excluding carboxylic acids is 1. The van der Waals surface area contributed by atoms with Crippen molar-refractivity contribution in [3.05, 3.63) is 58.0 Å². The van der Waals surface area contributed by atoms with E-state index in [1.54, 1.807) is 13.2 Å². The Balaban J connectivity index is 2.11. The molecule has 6 atom stereocenters. The van der Waals surface area contributed by atoms with Crippen LogP contribution in [0.1, 0.15) is 130 Å². The van der Waals surface area contributed by atoms with Crippen LogP contribution in [0.2, 0.25) is 36.3 Å². The number of phenols is 1. The van der Waals surface area contributed by atoms with Crippen LogP contribution >= 0.6 is 0 Å². The summed E-state index contributed by atoms with van der Waals surface area (Å²) in [6, 6.07) is 9.36. The first kappa shape index (κ1) is 49.2. The second kappa shape index (κ2) is 17.7. The highest BCUT2D eigenvalue weighted by atomic mass is 32.2. The van der Waals surface area contributed by atoms with Crippen LogP contribution in [-0.4, -0.2) is 58.6 Å². The first-order valence-electron chi connectivity index (χ1n) is 21.8. The van der Waals surface area contributed by atoms with E-state index in [0.717, 1.165) is 24.0 Å². The Kier molecular flexibility index (Phi) is 14.8. The highest BCUT2D eigenvalue weighted by Crippen LogP contribution is 2.66. The summed E-state index contributed by atoms with van der Waals surface area (Å²) in [5.41, 5.74) is 2.66. The molecule has 2 bridgehead atoms. The number of aryl methyl sites for hydroxylation is 1. The lowest BCUT2D eigenvalue weighted by molar-refractivity contribution is -0.0689. The smallest absolute Gasteiger partial charge is 0.192 e. The maximum atomic E-state index is 16.2. The average Bonchev–Trinajstić information content (AvgIpc) is 3.10. The zero-order valence-corrected chi connectivity index (χ0v) is 42.9. The number of hydrogen-bond donors (Lipinski definition) is 1. The predicted octanol–water partition coefficient (Wildman–Crippen LogP) is 13.1. The molecule has 0 amide bonds. The first-order chi connectivity index (χ1) is 26.9. The second-order valence-corrected chi connectivity index (χ2v) is 33.5. The lowest BCUT2D eigenvalue weighted by atomic mass is 9.44. The number of nitrogens with zero attached hydrogens (tertiary/aromatic N) is 1. The Hall–Kier alpha value is -2.45. The van der Waals surface area contributed by atoms with Crippen molar-refractivity contribution < 1.29 is 32.4 Å². The number of rotatable bonds is 16. The molecule has 3 saturated carbocycles. The minimum atomic E-state index is -3.20. The van der Waals surface area contributed by atoms with Crippen LogP contribution in [0.3, 0.4) is 0 Å². The molecule has 0 saturated heterocycles. The normalized spacial score (nSPS) is 22.5. The van der Waals surface area contributed by atoms with Gasteiger partial charge in [-0.2, -0.15) is 0 Å². The summed E-state index contributed by atoms with van der Waals surface area (Å²) in [5, 5.41) is 14.3. The Morgan fingerprint density at radius 2 is 1.49 bits per heavy atom. The van der Waals surface area contributed by atoms with E-state index < -0.39 is 32.5 Å². The van der Waals surface area contributed by atoms with Gasteiger partial charge in [0.25, 0.3) is 0 Å². The third-order valence-electron chi connectivity index (χ3n) is 14.4. The number of phenolic OH excluding ortho intramolecular Hbond substituents is 1. The fourth-order valence-electron chi connectivity index (χ4n) is 8.10. The molecule has 8 nitrogen and oxygen atoms in total. The van der Waals surface area contributed by atoms with Gasteiger partial charge in [-0.05, 0) is 97.2 Å². The Labute approximate surface area is 361 Å². The summed E-state index contributed by atoms with van der Waals surface area (Å²) in [5.74, 6) is 0.637. The molecule has 2 aromatic carbocycles. The molecule has 3 fully saturated rings. The molecule has 3 aliphatic carbocycles. The quantitative estimate of drug-likeness (QED) is 0.132. The number of ether oxygens (including phenoxy) is 2. The van der Waals surface area contributed by atoms with Gasteiger partial charge in [0.1, 0.15) is 22.8 Å². The summed E-state index contributed by atoms with van der Waals surface area (Å²) in [6.07, 6.45) is 1.26. The number of Topliss-reactive ketones (excluding diaryl/α,β-unsaturated/α-hetero) is 1. The van der Waals surface area contributed by atoms with E-state index in [9.17, 15) is 9.90 Å². The molecule has 5 rings (SSSR count). The highest BCUT2D eigenvalue weighted by molar-refractivity contribution is 7.96. The highest BCUT2D eigenvalue weighted by Gasteiger charge is 2.58. The summed E-state index contributed by atoms with van der Waals surface area (Å²) in [6.45, 7) is 37.6. The van der Waals surface area contributed by atoms with Crippen molar-refractivity contribution in [1.82, 2.24) is 0 Å². The molecular weight excluding hydrogens is 791 g/mol. The predicted molar refractivity (Wildman–Crippen MR) is 249 cm³/mol. The van der Waals surface area contributed by atoms with E-state index in [-0.39, 0.29) is 74.5 Å². The molecule has 0 aromatic heterocycles. The third-order valence-corrected chi connectivity index (χ3v) is 25.5. The molecule has 3 aliphatic rings. The number of ketones is 1. The number of aromatic hydroxyl groups is 1. The molecule has 59 heavy (non-hydrogen) atoms. The molecule has 11 heteroatoms. The summed E-state index contributed by atoms with van der Waals surface area (Å²) >= 11 is 0. The van der Waals surface area contributed by atoms with Gasteiger partial charge in [0.2, 0.25) is 0 Å². The van der Waals surface area contributed by atoms with Gasteiger partial charge in [0.05, 0.1) is 53.2 Å². The lowest BCUT2D eigenvalue weighted by Crippen LogP contribution is -2.54. The lowest BCUT2D eigenvalue weighted by Gasteiger charge is -2.61. The van der Waals surface area contributed by atoms with Crippen molar-refractivity contribution in [1.29, 1.82) is 0 Å². The maximum absolute atomic E-state index is 16.2. The molecule has 0 heterocycles. The van der Waals surface area contributed by atoms with Crippen molar-refractivity contribution >= 4 is 32.1 Å². The zero-order valence-electron chi connectivity index (χ0n) is 40.1. The molecular formula is C48H79NO7SSi2. The fourth-order valence-corrected chi connectivity index (χ4v) is 12.7. The minimum absolute atomic E-state index is 0.0169. The third kappa shape index (κ3) is 10.3. The number of benzene rings is 2. The standard InChI is InChI=1S/C48H79NO7SSi2/c1-30(2)24-39(50)42-40(53-14)27-41(54-15)43(44(42)51)45(56-59(18,19)47(9,10)11)35-25-33-26-37(48(33,12)13)36(35)29-57(52,34-22-20-32(5)21-23-34)49-38(31(3)4)28-55-58(16,17)46(6,7)8/h20-23,27,29-31,33,35,37-38,45,51H,24-26,28H2,1-19H3/b36-29+/t33-,35-,37-,38-,45-,57+/m0/s1. The largest absolute Gasteiger partial charge is 0.507 e. The van der Waals surface area contributed by atoms with Gasteiger partial charge in [0.15, 0.2) is 22.4 Å². The molecule has 0 radical (unpaired) electrons. The topological polar surface area (TPSA) is 104 Å². The molecule has 0 unspecified atom stereocenters. The van der Waals surface area contributed by atoms with E-state index in [1.165, 1.54) is 7.11 Å². The Morgan fingerprint density at radius 1 is 0.932 bits per heavy atom. The van der Waals surface area contributed by atoms with E-state index in [0.29, 0.717) is 28.7 Å². The number of methoxy groups -OCH3 is 2. The van der Waals surface area contributed by atoms with Crippen LogP contribution in [0.4, 0.5) is 0 Å². The van der Waals surface area contributed by atoms with E-state index in [2.05, 4.69) is 95.4 Å². The summed E-state index contributed by atoms with van der Waals surface area (Å²) in [7, 11) is -4.84. The average molecular weight is 870 g/mol. The van der Waals surface area contributed by atoms with Crippen molar-refractivity contribution in [2.24, 2.45) is 39.4 Å². The molecule has 0 aliphatic heterocycles. The van der Waals surface area contributed by atoms with Crippen LogP contribution in [-0.2, 0) is 18.6 Å². The van der Waals surface area contributed by atoms with E-state index in [4.69, 9.17) is 22.7 Å². The SMILES string of the molecule is COc1cc(OC)c([C@@H](O[Si](C)(C)C(C)(C)C)[C@H]2C[C@H]3C[C@@H](/C2=C/[S@](=O)(=N[C@@H](CO[Si](C)(C)C(C)(C)C)C(C)C)c2ccc(C)cc2)C3(C)C)c(O)c1C(=O)CC(C)C. The zero-order chi connectivity index (χ0) is 44.8. The van der Waals surface area contributed by atoms with Crippen LogP contribution in [0, 0.1) is 41.9 Å². The number of fused-ring (bicyclic) bond motifs is 2. The van der Waals surface area contributed by atoms with Gasteiger partial charge in [-0.25, -0.2) is 8.57 Å². The maximum Gasteiger partial charge on any atom is 0.192 e. The molecule has 2 aromatic rings. The molecule has 332 valence electrons. The monoisotopic (exact) mass is 870 g/mol. The van der Waals surface area contributed by atoms with Gasteiger partial charge in [-0.1, -0.05) is 106 Å². The molecule has 1 N–H and O–H groups in total. The number of hydrogen-bond acceptors (Lipinski definition) is 8. The van der Waals surface area contributed by atoms with Gasteiger partial charge in [-0.15, -0.1) is 0 Å². The van der Waals surface area contributed by atoms with Crippen molar-refractivity contribution in [3.63, 3.8) is 0 Å². The summed E-state index contributed by atoms with van der Waals surface area (Å²) in [4.78, 5) is 14.6. The Morgan fingerprint density at radius 3 is 1.97 bits per heavy atom. The van der Waals surface area contributed by atoms with Crippen molar-refractivity contribution in [2.75, 3.05) is 20.8 Å². The fraction of sp³-hybridized carbons (Fsp3) is 0.688. The molecule has 0 spiro atoms. The van der Waals surface area contributed by atoms with Gasteiger partial charge in [0, 0.05) is 23.8 Å².